The number of aromatic nitrogens is 3. The highest BCUT2D eigenvalue weighted by atomic mass is 32.2. The number of carbonyl (C=O) groups is 1. The summed E-state index contributed by atoms with van der Waals surface area (Å²) in [6.07, 6.45) is 2.81. The standard InChI is InChI=1S/C18H19N3O4S2/c1-11(17(22)14-9-19-15-5-3-2-4-13(14)15)26-18-21-20-16(25-18)8-12-6-7-27(23,24)10-12/h2-5,9,11-12,19H,6-8,10H2,1H3/t11-,12-/m1/s1. The first-order valence-corrected chi connectivity index (χ1v) is 11.4. The third kappa shape index (κ3) is 3.93. The van der Waals surface area contributed by atoms with Crippen LogP contribution in [0.1, 0.15) is 29.6 Å². The Labute approximate surface area is 160 Å². The number of nitrogens with one attached hydrogen (secondary N) is 1. The number of H-pyrrole nitrogens is 1. The number of nitrogens with zero attached hydrogens (tertiary/aromatic N) is 2. The van der Waals surface area contributed by atoms with Crippen LogP contribution in [0.4, 0.5) is 0 Å². The zero-order valence-corrected chi connectivity index (χ0v) is 16.3. The Morgan fingerprint density at radius 3 is 2.96 bits per heavy atom. The maximum Gasteiger partial charge on any atom is 0.277 e. The number of para-hydroxylation sites is 1. The van der Waals surface area contributed by atoms with Gasteiger partial charge in [-0.05, 0) is 25.3 Å². The molecule has 2 atom stereocenters. The van der Waals surface area contributed by atoms with Crippen LogP contribution in [-0.4, -0.2) is 46.1 Å². The van der Waals surface area contributed by atoms with E-state index in [-0.39, 0.29) is 28.5 Å². The third-order valence-corrected chi connectivity index (χ3v) is 7.51. The molecule has 3 heterocycles. The lowest BCUT2D eigenvalue weighted by molar-refractivity contribution is 0.0995. The molecule has 4 rings (SSSR count). The largest absolute Gasteiger partial charge is 0.416 e. The summed E-state index contributed by atoms with van der Waals surface area (Å²) in [5.74, 6) is 0.834. The van der Waals surface area contributed by atoms with E-state index >= 15 is 0 Å². The number of benzene rings is 1. The lowest BCUT2D eigenvalue weighted by Crippen LogP contribution is -2.13. The van der Waals surface area contributed by atoms with Gasteiger partial charge in [0.15, 0.2) is 15.6 Å². The molecule has 0 saturated carbocycles. The van der Waals surface area contributed by atoms with Crippen LogP contribution < -0.4 is 0 Å². The van der Waals surface area contributed by atoms with Crippen molar-refractivity contribution in [2.75, 3.05) is 11.5 Å². The van der Waals surface area contributed by atoms with Gasteiger partial charge in [-0.15, -0.1) is 10.2 Å². The first-order chi connectivity index (χ1) is 12.9. The molecule has 1 aliphatic rings. The van der Waals surface area contributed by atoms with E-state index in [9.17, 15) is 13.2 Å². The van der Waals surface area contributed by atoms with Crippen molar-refractivity contribution in [2.24, 2.45) is 5.92 Å². The van der Waals surface area contributed by atoms with Crippen molar-refractivity contribution in [3.63, 3.8) is 0 Å². The van der Waals surface area contributed by atoms with Crippen LogP contribution in [0.15, 0.2) is 40.1 Å². The van der Waals surface area contributed by atoms with Crippen molar-refractivity contribution in [1.29, 1.82) is 0 Å². The van der Waals surface area contributed by atoms with Crippen LogP contribution in [0.2, 0.25) is 0 Å². The van der Waals surface area contributed by atoms with Crippen molar-refractivity contribution in [2.45, 2.75) is 30.2 Å². The molecule has 9 heteroatoms. The highest BCUT2D eigenvalue weighted by Crippen LogP contribution is 2.29. The van der Waals surface area contributed by atoms with Gasteiger partial charge in [0.25, 0.3) is 5.22 Å². The Morgan fingerprint density at radius 1 is 1.37 bits per heavy atom. The summed E-state index contributed by atoms with van der Waals surface area (Å²) in [5, 5.41) is 8.83. The van der Waals surface area contributed by atoms with E-state index in [2.05, 4.69) is 15.2 Å². The highest BCUT2D eigenvalue weighted by Gasteiger charge is 2.29. The number of hydrogen-bond donors (Lipinski definition) is 1. The zero-order valence-electron chi connectivity index (χ0n) is 14.7. The number of rotatable bonds is 6. The number of fused-ring (bicyclic) bond motifs is 1. The molecule has 0 spiro atoms. The van der Waals surface area contributed by atoms with Gasteiger partial charge in [0.2, 0.25) is 5.89 Å². The quantitative estimate of drug-likeness (QED) is 0.496. The van der Waals surface area contributed by atoms with Gasteiger partial charge in [0.1, 0.15) is 0 Å². The minimum atomic E-state index is -2.92. The van der Waals surface area contributed by atoms with E-state index in [4.69, 9.17) is 4.42 Å². The highest BCUT2D eigenvalue weighted by molar-refractivity contribution is 8.00. The number of aromatic amines is 1. The topological polar surface area (TPSA) is 106 Å². The molecule has 0 amide bonds. The predicted molar refractivity (Wildman–Crippen MR) is 103 cm³/mol. The van der Waals surface area contributed by atoms with E-state index in [1.165, 1.54) is 11.8 Å². The van der Waals surface area contributed by atoms with Crippen molar-refractivity contribution in [3.05, 3.63) is 41.9 Å². The molecule has 142 valence electrons. The number of carbonyl (C=O) groups excluding carboxylic acids is 1. The van der Waals surface area contributed by atoms with Crippen molar-refractivity contribution >= 4 is 38.3 Å². The van der Waals surface area contributed by atoms with Crippen LogP contribution in [0.25, 0.3) is 10.9 Å². The van der Waals surface area contributed by atoms with Gasteiger partial charge in [0, 0.05) is 29.1 Å². The van der Waals surface area contributed by atoms with Crippen LogP contribution in [0, 0.1) is 5.92 Å². The third-order valence-electron chi connectivity index (χ3n) is 4.74. The summed E-state index contributed by atoms with van der Waals surface area (Å²) in [7, 11) is -2.92. The zero-order chi connectivity index (χ0) is 19.0. The minimum Gasteiger partial charge on any atom is -0.416 e. The normalized spacial score (nSPS) is 20.1. The summed E-state index contributed by atoms with van der Waals surface area (Å²) < 4.78 is 28.7. The molecule has 1 fully saturated rings. The van der Waals surface area contributed by atoms with Crippen LogP contribution in [0.3, 0.4) is 0 Å². The Kier molecular flexibility index (Phi) is 4.81. The Hall–Kier alpha value is -2.13. The lowest BCUT2D eigenvalue weighted by Gasteiger charge is -2.06. The SMILES string of the molecule is C[C@@H](Sc1nnc(C[C@H]2CCS(=O)(=O)C2)o1)C(=O)c1c[nH]c2ccccc12. The second-order valence-electron chi connectivity index (χ2n) is 6.81. The monoisotopic (exact) mass is 405 g/mol. The van der Waals surface area contributed by atoms with Gasteiger partial charge in [-0.25, -0.2) is 8.42 Å². The van der Waals surface area contributed by atoms with Gasteiger partial charge in [-0.1, -0.05) is 30.0 Å². The fourth-order valence-electron chi connectivity index (χ4n) is 3.35. The van der Waals surface area contributed by atoms with E-state index in [1.54, 1.807) is 6.20 Å². The van der Waals surface area contributed by atoms with Crippen molar-refractivity contribution in [3.8, 4) is 0 Å². The number of ketones is 1. The molecule has 0 unspecified atom stereocenters. The van der Waals surface area contributed by atoms with Crippen molar-refractivity contribution in [1.82, 2.24) is 15.2 Å². The maximum absolute atomic E-state index is 12.8. The molecule has 1 aromatic carbocycles. The van der Waals surface area contributed by atoms with Crippen LogP contribution >= 0.6 is 11.8 Å². The molecule has 27 heavy (non-hydrogen) atoms. The number of sulfone groups is 1. The summed E-state index contributed by atoms with van der Waals surface area (Å²) in [5.41, 5.74) is 1.56. The lowest BCUT2D eigenvalue weighted by atomic mass is 10.1. The van der Waals surface area contributed by atoms with Gasteiger partial charge < -0.3 is 9.40 Å². The molecule has 0 bridgehead atoms. The molecular weight excluding hydrogens is 386 g/mol. The summed E-state index contributed by atoms with van der Waals surface area (Å²) >= 11 is 1.22. The summed E-state index contributed by atoms with van der Waals surface area (Å²) in [6, 6.07) is 7.66. The van der Waals surface area contributed by atoms with E-state index in [0.29, 0.717) is 29.5 Å². The maximum atomic E-state index is 12.8. The Morgan fingerprint density at radius 2 is 2.19 bits per heavy atom. The minimum absolute atomic E-state index is 0.0147. The van der Waals surface area contributed by atoms with E-state index in [0.717, 1.165) is 10.9 Å². The molecule has 2 aromatic heterocycles. The van der Waals surface area contributed by atoms with Gasteiger partial charge in [-0.2, -0.15) is 0 Å². The van der Waals surface area contributed by atoms with Gasteiger partial charge in [0.05, 0.1) is 16.8 Å². The average molecular weight is 406 g/mol. The summed E-state index contributed by atoms with van der Waals surface area (Å²) in [4.78, 5) is 15.9. The van der Waals surface area contributed by atoms with Gasteiger partial charge >= 0.3 is 0 Å². The molecule has 3 aromatic rings. The summed E-state index contributed by atoms with van der Waals surface area (Å²) in [6.45, 7) is 1.81. The molecule has 1 saturated heterocycles. The average Bonchev–Trinajstić information content (AvgIpc) is 3.33. The first-order valence-electron chi connectivity index (χ1n) is 8.71. The fraction of sp³-hybridized carbons (Fsp3) is 0.389. The second kappa shape index (κ2) is 7.12. The van der Waals surface area contributed by atoms with Gasteiger partial charge in [-0.3, -0.25) is 4.79 Å². The van der Waals surface area contributed by atoms with E-state index < -0.39 is 9.84 Å². The fourth-order valence-corrected chi connectivity index (χ4v) is 5.98. The van der Waals surface area contributed by atoms with Crippen LogP contribution in [-0.2, 0) is 16.3 Å². The molecule has 7 nitrogen and oxygen atoms in total. The molecular formula is C18H19N3O4S2. The molecule has 0 aliphatic carbocycles. The molecule has 1 aliphatic heterocycles. The molecule has 1 N–H and O–H groups in total. The number of thioether (sulfide) groups is 1. The second-order valence-corrected chi connectivity index (χ2v) is 10.3. The van der Waals surface area contributed by atoms with Crippen molar-refractivity contribution < 1.29 is 17.6 Å². The number of Topliss-reactive ketones (excluding diaryl/α,β-unsaturated/α-hetero) is 1. The first kappa shape index (κ1) is 18.2. The molecule has 0 radical (unpaired) electrons. The predicted octanol–water partition coefficient (Wildman–Crippen LogP) is 2.89. The Bertz CT molecular complexity index is 1090. The Balaban J connectivity index is 1.42. The van der Waals surface area contributed by atoms with Crippen LogP contribution in [0.5, 0.6) is 0 Å². The van der Waals surface area contributed by atoms with E-state index in [1.807, 2.05) is 31.2 Å². The number of hydrogen-bond acceptors (Lipinski definition) is 7. The smallest absolute Gasteiger partial charge is 0.277 e.